The molecule has 0 bridgehead atoms. The zero-order valence-corrected chi connectivity index (χ0v) is 12.5. The molecule has 0 heterocycles. The minimum atomic E-state index is -0.512. The standard InChI is InChI=1S/C14H12BrClFNO/c1-8(18)9-2-5-14(11(15)6-9)19-10-3-4-12(16)13(17)7-10/h2-8H,18H2,1H3. The predicted octanol–water partition coefficient (Wildman–Crippen LogP) is 5.05. The van der Waals surface area contributed by atoms with Gasteiger partial charge in [-0.15, -0.1) is 0 Å². The van der Waals surface area contributed by atoms with E-state index in [9.17, 15) is 4.39 Å². The number of hydrogen-bond donors (Lipinski definition) is 1. The summed E-state index contributed by atoms with van der Waals surface area (Å²) in [6.45, 7) is 1.90. The van der Waals surface area contributed by atoms with Gasteiger partial charge in [-0.3, -0.25) is 0 Å². The van der Waals surface area contributed by atoms with Crippen molar-refractivity contribution in [1.82, 2.24) is 0 Å². The first-order chi connectivity index (χ1) is 8.97. The molecule has 0 fully saturated rings. The van der Waals surface area contributed by atoms with Crippen LogP contribution in [0, 0.1) is 5.82 Å². The van der Waals surface area contributed by atoms with Crippen molar-refractivity contribution in [3.05, 3.63) is 57.3 Å². The van der Waals surface area contributed by atoms with Crippen LogP contribution in [0.15, 0.2) is 40.9 Å². The average Bonchev–Trinajstić information content (AvgIpc) is 2.36. The summed E-state index contributed by atoms with van der Waals surface area (Å²) >= 11 is 9.02. The van der Waals surface area contributed by atoms with Crippen LogP contribution in [0.3, 0.4) is 0 Å². The van der Waals surface area contributed by atoms with Gasteiger partial charge in [-0.05, 0) is 52.7 Å². The van der Waals surface area contributed by atoms with Gasteiger partial charge in [-0.1, -0.05) is 17.7 Å². The monoisotopic (exact) mass is 343 g/mol. The van der Waals surface area contributed by atoms with Crippen molar-refractivity contribution in [2.24, 2.45) is 5.73 Å². The summed E-state index contributed by atoms with van der Waals surface area (Å²) in [6.07, 6.45) is 0. The largest absolute Gasteiger partial charge is 0.456 e. The van der Waals surface area contributed by atoms with Gasteiger partial charge in [0, 0.05) is 12.1 Å². The third-order valence-electron chi connectivity index (χ3n) is 2.60. The molecule has 0 spiro atoms. The molecule has 19 heavy (non-hydrogen) atoms. The molecule has 2 N–H and O–H groups in total. The molecule has 0 amide bonds. The van der Waals surface area contributed by atoms with E-state index >= 15 is 0 Å². The fourth-order valence-electron chi connectivity index (χ4n) is 1.55. The van der Waals surface area contributed by atoms with Gasteiger partial charge in [0.25, 0.3) is 0 Å². The highest BCUT2D eigenvalue weighted by atomic mass is 79.9. The van der Waals surface area contributed by atoms with Gasteiger partial charge >= 0.3 is 0 Å². The van der Waals surface area contributed by atoms with Gasteiger partial charge in [-0.25, -0.2) is 4.39 Å². The molecule has 0 saturated heterocycles. The summed E-state index contributed by atoms with van der Waals surface area (Å²) in [6, 6.07) is 9.79. The van der Waals surface area contributed by atoms with E-state index < -0.39 is 5.82 Å². The lowest BCUT2D eigenvalue weighted by atomic mass is 10.1. The molecule has 100 valence electrons. The Morgan fingerprint density at radius 3 is 2.58 bits per heavy atom. The van der Waals surface area contributed by atoms with Crippen LogP contribution in [0.4, 0.5) is 4.39 Å². The van der Waals surface area contributed by atoms with Crippen LogP contribution in [-0.2, 0) is 0 Å². The first-order valence-electron chi connectivity index (χ1n) is 5.65. The molecule has 0 saturated carbocycles. The van der Waals surface area contributed by atoms with E-state index in [1.807, 2.05) is 19.1 Å². The number of halogens is 3. The summed E-state index contributed by atoms with van der Waals surface area (Å²) in [4.78, 5) is 0. The van der Waals surface area contributed by atoms with Crippen LogP contribution < -0.4 is 10.5 Å². The molecule has 0 aromatic heterocycles. The Hall–Kier alpha value is -1.10. The van der Waals surface area contributed by atoms with Crippen molar-refractivity contribution in [2.75, 3.05) is 0 Å². The third-order valence-corrected chi connectivity index (χ3v) is 3.53. The van der Waals surface area contributed by atoms with E-state index in [1.165, 1.54) is 12.1 Å². The maximum absolute atomic E-state index is 13.3. The second kappa shape index (κ2) is 5.90. The molecule has 2 aromatic carbocycles. The van der Waals surface area contributed by atoms with Gasteiger partial charge in [0.15, 0.2) is 0 Å². The Labute approximate surface area is 124 Å². The highest BCUT2D eigenvalue weighted by Gasteiger charge is 2.08. The number of ether oxygens (including phenoxy) is 1. The SMILES string of the molecule is CC(N)c1ccc(Oc2ccc(Cl)c(F)c2)c(Br)c1. The Kier molecular flexibility index (Phi) is 4.45. The summed E-state index contributed by atoms with van der Waals surface area (Å²) in [5.41, 5.74) is 6.78. The maximum Gasteiger partial charge on any atom is 0.145 e. The van der Waals surface area contributed by atoms with Gasteiger partial charge in [-0.2, -0.15) is 0 Å². The smallest absolute Gasteiger partial charge is 0.145 e. The minimum Gasteiger partial charge on any atom is -0.456 e. The van der Waals surface area contributed by atoms with Gasteiger partial charge in [0.05, 0.1) is 9.50 Å². The molecule has 2 aromatic rings. The number of hydrogen-bond acceptors (Lipinski definition) is 2. The van der Waals surface area contributed by atoms with Crippen molar-refractivity contribution in [1.29, 1.82) is 0 Å². The molecule has 0 radical (unpaired) electrons. The molecule has 1 atom stereocenters. The van der Waals surface area contributed by atoms with Crippen LogP contribution in [0.25, 0.3) is 0 Å². The molecule has 5 heteroatoms. The van der Waals surface area contributed by atoms with E-state index in [2.05, 4.69) is 15.9 Å². The van der Waals surface area contributed by atoms with Crippen molar-refractivity contribution in [3.63, 3.8) is 0 Å². The molecule has 2 nitrogen and oxygen atoms in total. The normalized spacial score (nSPS) is 12.3. The second-order valence-electron chi connectivity index (χ2n) is 4.16. The second-order valence-corrected chi connectivity index (χ2v) is 5.42. The Bertz CT molecular complexity index is 604. The van der Waals surface area contributed by atoms with E-state index in [-0.39, 0.29) is 11.1 Å². The number of nitrogens with two attached hydrogens (primary N) is 1. The molecule has 1 unspecified atom stereocenters. The summed E-state index contributed by atoms with van der Waals surface area (Å²) in [5.74, 6) is 0.463. The van der Waals surface area contributed by atoms with Gasteiger partial charge in [0.2, 0.25) is 0 Å². The fourth-order valence-corrected chi connectivity index (χ4v) is 2.15. The molecular formula is C14H12BrClFNO. The Balaban J connectivity index is 2.25. The van der Waals surface area contributed by atoms with E-state index in [0.717, 1.165) is 10.0 Å². The first kappa shape index (κ1) is 14.3. The van der Waals surface area contributed by atoms with Crippen LogP contribution in [0.5, 0.6) is 11.5 Å². The minimum absolute atomic E-state index is 0.0571. The fraction of sp³-hybridized carbons (Fsp3) is 0.143. The van der Waals surface area contributed by atoms with Crippen LogP contribution in [0.2, 0.25) is 5.02 Å². The molecule has 0 aliphatic heterocycles. The van der Waals surface area contributed by atoms with E-state index in [1.54, 1.807) is 12.1 Å². The lowest BCUT2D eigenvalue weighted by molar-refractivity contribution is 0.473. The topological polar surface area (TPSA) is 35.2 Å². The molecule has 2 rings (SSSR count). The Morgan fingerprint density at radius 1 is 1.26 bits per heavy atom. The number of benzene rings is 2. The third kappa shape index (κ3) is 3.47. The lowest BCUT2D eigenvalue weighted by Gasteiger charge is -2.11. The van der Waals surface area contributed by atoms with Crippen LogP contribution >= 0.6 is 27.5 Å². The van der Waals surface area contributed by atoms with Gasteiger partial charge < -0.3 is 10.5 Å². The molecule has 0 aliphatic rings. The van der Waals surface area contributed by atoms with Crippen molar-refractivity contribution < 1.29 is 9.13 Å². The summed E-state index contributed by atoms with van der Waals surface area (Å²) < 4.78 is 19.7. The first-order valence-corrected chi connectivity index (χ1v) is 6.82. The lowest BCUT2D eigenvalue weighted by Crippen LogP contribution is -2.04. The van der Waals surface area contributed by atoms with E-state index in [0.29, 0.717) is 11.5 Å². The summed E-state index contributed by atoms with van der Waals surface area (Å²) in [5, 5.41) is 0.0683. The zero-order valence-electron chi connectivity index (χ0n) is 10.2. The van der Waals surface area contributed by atoms with Gasteiger partial charge in [0.1, 0.15) is 17.3 Å². The van der Waals surface area contributed by atoms with Crippen molar-refractivity contribution in [2.45, 2.75) is 13.0 Å². The molecule has 0 aliphatic carbocycles. The number of rotatable bonds is 3. The summed E-state index contributed by atoms with van der Waals surface area (Å²) in [7, 11) is 0. The maximum atomic E-state index is 13.3. The van der Waals surface area contributed by atoms with Crippen LogP contribution in [-0.4, -0.2) is 0 Å². The average molecular weight is 345 g/mol. The van der Waals surface area contributed by atoms with E-state index in [4.69, 9.17) is 22.1 Å². The van der Waals surface area contributed by atoms with Crippen molar-refractivity contribution >= 4 is 27.5 Å². The molecular weight excluding hydrogens is 333 g/mol. The quantitative estimate of drug-likeness (QED) is 0.845. The highest BCUT2D eigenvalue weighted by molar-refractivity contribution is 9.10. The predicted molar refractivity (Wildman–Crippen MR) is 78.2 cm³/mol. The highest BCUT2D eigenvalue weighted by Crippen LogP contribution is 2.32. The van der Waals surface area contributed by atoms with Crippen molar-refractivity contribution in [3.8, 4) is 11.5 Å². The zero-order chi connectivity index (χ0) is 14.0. The Morgan fingerprint density at radius 2 is 2.00 bits per heavy atom. The van der Waals surface area contributed by atoms with Crippen LogP contribution in [0.1, 0.15) is 18.5 Å².